The van der Waals surface area contributed by atoms with Gasteiger partial charge in [-0.05, 0) is 36.8 Å². The summed E-state index contributed by atoms with van der Waals surface area (Å²) in [7, 11) is 1.48. The van der Waals surface area contributed by atoms with Crippen LogP contribution in [0, 0.1) is 17.0 Å². The molecule has 0 fully saturated rings. The number of non-ortho nitro benzene ring substituents is 1. The maximum Gasteiger partial charge on any atom is 0.274 e. The summed E-state index contributed by atoms with van der Waals surface area (Å²) in [5.41, 5.74) is 1.43. The lowest BCUT2D eigenvalue weighted by atomic mass is 10.3. The van der Waals surface area contributed by atoms with Gasteiger partial charge in [-0.1, -0.05) is 6.07 Å². The van der Waals surface area contributed by atoms with Crippen molar-refractivity contribution in [3.8, 4) is 5.69 Å². The van der Waals surface area contributed by atoms with Gasteiger partial charge in [-0.15, -0.1) is 0 Å². The van der Waals surface area contributed by atoms with Gasteiger partial charge in [-0.3, -0.25) is 19.7 Å². The lowest BCUT2D eigenvalue weighted by molar-refractivity contribution is -0.384. The Balaban J connectivity index is 1.66. The van der Waals surface area contributed by atoms with Gasteiger partial charge in [-0.25, -0.2) is 9.67 Å². The minimum Gasteiger partial charge on any atom is -0.331 e. The summed E-state index contributed by atoms with van der Waals surface area (Å²) in [6.07, 6.45) is 3.11. The van der Waals surface area contributed by atoms with Crippen LogP contribution in [0.3, 0.4) is 0 Å². The van der Waals surface area contributed by atoms with Crippen LogP contribution in [0.1, 0.15) is 16.1 Å². The summed E-state index contributed by atoms with van der Waals surface area (Å²) in [6, 6.07) is 10.9. The van der Waals surface area contributed by atoms with E-state index in [1.165, 1.54) is 47.1 Å². The zero-order valence-electron chi connectivity index (χ0n) is 15.8. The monoisotopic (exact) mass is 394 g/mol. The fourth-order valence-electron chi connectivity index (χ4n) is 2.60. The first-order chi connectivity index (χ1) is 13.8. The maximum absolute atomic E-state index is 12.6. The minimum atomic E-state index is -0.505. The van der Waals surface area contributed by atoms with Crippen molar-refractivity contribution >= 4 is 23.3 Å². The first-order valence-corrected chi connectivity index (χ1v) is 8.62. The number of aromatic nitrogens is 3. The number of nitrogens with one attached hydrogen (secondary N) is 1. The molecule has 0 bridgehead atoms. The van der Waals surface area contributed by atoms with Crippen LogP contribution in [0.2, 0.25) is 0 Å². The minimum absolute atomic E-state index is 0.0792. The second-order valence-electron chi connectivity index (χ2n) is 6.35. The Morgan fingerprint density at radius 2 is 2.03 bits per heavy atom. The Hall–Kier alpha value is -4.08. The Kier molecular flexibility index (Phi) is 5.63. The number of rotatable bonds is 6. The predicted molar refractivity (Wildman–Crippen MR) is 105 cm³/mol. The third-order valence-corrected chi connectivity index (χ3v) is 4.02. The van der Waals surface area contributed by atoms with Crippen LogP contribution < -0.4 is 5.32 Å². The predicted octanol–water partition coefficient (Wildman–Crippen LogP) is 2.19. The molecule has 0 aliphatic carbocycles. The van der Waals surface area contributed by atoms with Crippen molar-refractivity contribution in [2.45, 2.75) is 6.92 Å². The number of carbonyl (C=O) groups excluding carboxylic acids is 2. The number of benzene rings is 1. The summed E-state index contributed by atoms with van der Waals surface area (Å²) < 4.78 is 1.37. The van der Waals surface area contributed by atoms with Gasteiger partial charge >= 0.3 is 0 Å². The van der Waals surface area contributed by atoms with E-state index < -0.39 is 16.7 Å². The number of nitrogens with zero attached hydrogens (tertiary/aromatic N) is 5. The molecule has 0 spiro atoms. The zero-order chi connectivity index (χ0) is 21.0. The van der Waals surface area contributed by atoms with Crippen molar-refractivity contribution in [1.29, 1.82) is 0 Å². The molecule has 2 amide bonds. The van der Waals surface area contributed by atoms with E-state index >= 15 is 0 Å². The molecule has 0 atom stereocenters. The van der Waals surface area contributed by atoms with Gasteiger partial charge in [0.05, 0.1) is 17.2 Å². The van der Waals surface area contributed by atoms with Crippen LogP contribution in [-0.4, -0.2) is 50.0 Å². The molecule has 3 aromatic rings. The quantitative estimate of drug-likeness (QED) is 0.505. The lowest BCUT2D eigenvalue weighted by Gasteiger charge is -2.15. The van der Waals surface area contributed by atoms with Crippen LogP contribution in [0.25, 0.3) is 5.69 Å². The van der Waals surface area contributed by atoms with E-state index in [0.717, 1.165) is 5.56 Å². The van der Waals surface area contributed by atoms with E-state index in [4.69, 9.17) is 0 Å². The number of hydrogen-bond acceptors (Lipinski definition) is 6. The van der Waals surface area contributed by atoms with Gasteiger partial charge < -0.3 is 10.2 Å². The van der Waals surface area contributed by atoms with Gasteiger partial charge in [0.1, 0.15) is 5.82 Å². The van der Waals surface area contributed by atoms with Crippen molar-refractivity contribution in [3.05, 3.63) is 76.2 Å². The van der Waals surface area contributed by atoms with Crippen LogP contribution in [0.15, 0.2) is 54.9 Å². The largest absolute Gasteiger partial charge is 0.331 e. The third-order valence-electron chi connectivity index (χ3n) is 4.02. The molecular formula is C19H18N6O4. The smallest absolute Gasteiger partial charge is 0.274 e. The second-order valence-corrected chi connectivity index (χ2v) is 6.35. The highest BCUT2D eigenvalue weighted by molar-refractivity contribution is 5.97. The van der Waals surface area contributed by atoms with Gasteiger partial charge in [0, 0.05) is 31.6 Å². The first-order valence-electron chi connectivity index (χ1n) is 8.62. The third kappa shape index (κ3) is 4.80. The van der Waals surface area contributed by atoms with Crippen molar-refractivity contribution in [2.24, 2.45) is 0 Å². The molecule has 0 aliphatic rings. The number of pyridine rings is 1. The highest BCUT2D eigenvalue weighted by Crippen LogP contribution is 2.16. The van der Waals surface area contributed by atoms with Gasteiger partial charge in [0.25, 0.3) is 11.6 Å². The van der Waals surface area contributed by atoms with Crippen molar-refractivity contribution < 1.29 is 14.5 Å². The van der Waals surface area contributed by atoms with Gasteiger partial charge in [0.2, 0.25) is 5.91 Å². The Morgan fingerprint density at radius 1 is 1.24 bits per heavy atom. The Morgan fingerprint density at radius 3 is 2.76 bits per heavy atom. The normalized spacial score (nSPS) is 10.4. The SMILES string of the molecule is Cc1ccnc(NC(=O)CN(C)C(=O)c2ccn(-c3cccc([N+](=O)[O-])c3)n2)c1. The molecule has 1 N–H and O–H groups in total. The van der Waals surface area contributed by atoms with Crippen LogP contribution in [-0.2, 0) is 4.79 Å². The summed E-state index contributed by atoms with van der Waals surface area (Å²) in [5, 5.41) is 17.7. The average molecular weight is 394 g/mol. The summed E-state index contributed by atoms with van der Waals surface area (Å²) in [5.74, 6) is -0.440. The number of nitro benzene ring substituents is 1. The van der Waals surface area contributed by atoms with E-state index in [-0.39, 0.29) is 17.9 Å². The van der Waals surface area contributed by atoms with E-state index in [1.54, 1.807) is 18.3 Å². The number of nitro groups is 1. The Labute approximate surface area is 165 Å². The van der Waals surface area contributed by atoms with Gasteiger partial charge in [-0.2, -0.15) is 5.10 Å². The summed E-state index contributed by atoms with van der Waals surface area (Å²) in [4.78, 5) is 40.4. The van der Waals surface area contributed by atoms with E-state index in [1.807, 2.05) is 13.0 Å². The van der Waals surface area contributed by atoms with E-state index in [2.05, 4.69) is 15.4 Å². The number of likely N-dealkylation sites (N-methyl/N-ethyl adjacent to an activating group) is 1. The molecule has 3 rings (SSSR count). The van der Waals surface area contributed by atoms with E-state index in [0.29, 0.717) is 11.5 Å². The average Bonchev–Trinajstić information content (AvgIpc) is 3.17. The fraction of sp³-hybridized carbons (Fsp3) is 0.158. The van der Waals surface area contributed by atoms with Gasteiger partial charge in [0.15, 0.2) is 5.69 Å². The topological polar surface area (TPSA) is 123 Å². The number of hydrogen-bond donors (Lipinski definition) is 1. The highest BCUT2D eigenvalue weighted by atomic mass is 16.6. The summed E-state index contributed by atoms with van der Waals surface area (Å²) >= 11 is 0. The molecule has 10 heteroatoms. The summed E-state index contributed by atoms with van der Waals surface area (Å²) in [6.45, 7) is 1.70. The molecule has 0 aliphatic heterocycles. The molecule has 148 valence electrons. The van der Waals surface area contributed by atoms with Crippen molar-refractivity contribution in [2.75, 3.05) is 18.9 Å². The first kappa shape index (κ1) is 19.7. The zero-order valence-corrected chi connectivity index (χ0v) is 15.8. The molecule has 0 saturated heterocycles. The maximum atomic E-state index is 12.6. The Bertz CT molecular complexity index is 1080. The fourth-order valence-corrected chi connectivity index (χ4v) is 2.60. The molecule has 2 heterocycles. The van der Waals surface area contributed by atoms with Crippen LogP contribution >= 0.6 is 0 Å². The molecular weight excluding hydrogens is 376 g/mol. The van der Waals surface area contributed by atoms with Crippen LogP contribution in [0.5, 0.6) is 0 Å². The highest BCUT2D eigenvalue weighted by Gasteiger charge is 2.18. The molecule has 29 heavy (non-hydrogen) atoms. The number of anilines is 1. The molecule has 1 aromatic carbocycles. The number of aryl methyl sites for hydroxylation is 1. The van der Waals surface area contributed by atoms with Crippen molar-refractivity contribution in [1.82, 2.24) is 19.7 Å². The molecule has 2 aromatic heterocycles. The van der Waals surface area contributed by atoms with E-state index in [9.17, 15) is 19.7 Å². The lowest BCUT2D eigenvalue weighted by Crippen LogP contribution is -2.35. The standard InChI is InChI=1S/C19H18N6O4/c1-13-6-8-20-17(10-13)21-18(26)12-23(2)19(27)16-7-9-24(22-16)14-4-3-5-15(11-14)25(28)29/h3-11H,12H2,1-2H3,(H,20,21,26). The van der Waals surface area contributed by atoms with Crippen molar-refractivity contribution in [3.63, 3.8) is 0 Å². The number of carbonyl (C=O) groups is 2. The molecule has 0 unspecified atom stereocenters. The molecule has 0 radical (unpaired) electrons. The number of amides is 2. The molecule has 10 nitrogen and oxygen atoms in total. The second kappa shape index (κ2) is 8.30. The molecule has 0 saturated carbocycles. The van der Waals surface area contributed by atoms with Crippen LogP contribution in [0.4, 0.5) is 11.5 Å².